The molecule has 1 unspecified atom stereocenters. The molecular formula is C14H17BrN2O3S. The van der Waals surface area contributed by atoms with Gasteiger partial charge in [-0.25, -0.2) is 4.98 Å². The summed E-state index contributed by atoms with van der Waals surface area (Å²) in [5.74, 6) is -0.858. The van der Waals surface area contributed by atoms with Crippen LogP contribution in [0.4, 0.5) is 0 Å². The van der Waals surface area contributed by atoms with Crippen LogP contribution in [0, 0.1) is 0 Å². The number of nitrogens with zero attached hydrogens (tertiary/aromatic N) is 2. The van der Waals surface area contributed by atoms with E-state index in [1.807, 2.05) is 36.6 Å². The maximum atomic E-state index is 10.8. The zero-order valence-corrected chi connectivity index (χ0v) is 14.3. The van der Waals surface area contributed by atoms with E-state index in [-0.39, 0.29) is 11.8 Å². The van der Waals surface area contributed by atoms with Crippen molar-refractivity contribution in [2.45, 2.75) is 25.0 Å². The minimum absolute atomic E-state index is 0.00809. The van der Waals surface area contributed by atoms with Crippen molar-refractivity contribution in [1.82, 2.24) is 9.55 Å². The van der Waals surface area contributed by atoms with E-state index in [0.717, 1.165) is 15.5 Å². The second-order valence-corrected chi connectivity index (χ2v) is 6.45. The lowest BCUT2D eigenvalue weighted by molar-refractivity contribution is -0.133. The highest BCUT2D eigenvalue weighted by molar-refractivity contribution is 9.10. The summed E-state index contributed by atoms with van der Waals surface area (Å²) in [7, 11) is 0. The molecule has 0 spiro atoms. The predicted octanol–water partition coefficient (Wildman–Crippen LogP) is 3.57. The summed E-state index contributed by atoms with van der Waals surface area (Å²) in [4.78, 5) is 15.4. The average molecular weight is 373 g/mol. The first-order valence-corrected chi connectivity index (χ1v) is 8.40. The summed E-state index contributed by atoms with van der Waals surface area (Å²) in [6.45, 7) is 5.22. The topological polar surface area (TPSA) is 64.3 Å². The quantitative estimate of drug-likeness (QED) is 0.752. The molecule has 21 heavy (non-hydrogen) atoms. The van der Waals surface area contributed by atoms with E-state index >= 15 is 0 Å². The highest BCUT2D eigenvalue weighted by atomic mass is 79.9. The van der Waals surface area contributed by atoms with Gasteiger partial charge in [-0.05, 0) is 32.0 Å². The van der Waals surface area contributed by atoms with Crippen LogP contribution in [0.1, 0.15) is 19.9 Å². The fourth-order valence-corrected chi connectivity index (χ4v) is 3.25. The van der Waals surface area contributed by atoms with Gasteiger partial charge in [0.15, 0.2) is 5.16 Å². The average Bonchev–Trinajstić information content (AvgIpc) is 2.79. The molecule has 0 aliphatic rings. The number of imidazole rings is 1. The molecule has 1 N–H and O–H groups in total. The number of carbonyl (C=O) groups is 1. The van der Waals surface area contributed by atoms with Crippen LogP contribution in [0.25, 0.3) is 11.0 Å². The van der Waals surface area contributed by atoms with Gasteiger partial charge in [0, 0.05) is 11.1 Å². The molecular weight excluding hydrogens is 356 g/mol. The van der Waals surface area contributed by atoms with Crippen LogP contribution in [-0.2, 0) is 9.53 Å². The van der Waals surface area contributed by atoms with Crippen molar-refractivity contribution in [1.29, 1.82) is 0 Å². The van der Waals surface area contributed by atoms with Crippen molar-refractivity contribution < 1.29 is 14.6 Å². The number of carboxylic acid groups (broad SMARTS) is 1. The van der Waals surface area contributed by atoms with Gasteiger partial charge in [-0.1, -0.05) is 27.7 Å². The molecule has 7 heteroatoms. The Kier molecular flexibility index (Phi) is 5.66. The summed E-state index contributed by atoms with van der Waals surface area (Å²) in [5, 5.41) is 9.58. The van der Waals surface area contributed by atoms with Crippen molar-refractivity contribution in [3.05, 3.63) is 22.7 Å². The standard InChI is InChI=1S/C14H17BrN2O3S/c1-3-20-7-9(2)17-12-5-4-10(15)6-11(12)16-14(17)21-8-13(18)19/h4-6,9H,3,7-8H2,1-2H3,(H,18,19). The van der Waals surface area contributed by atoms with E-state index in [1.54, 1.807) is 0 Å². The third kappa shape index (κ3) is 3.99. The SMILES string of the molecule is CCOCC(C)n1c(SCC(=O)O)nc2cc(Br)ccc21. The molecule has 0 amide bonds. The summed E-state index contributed by atoms with van der Waals surface area (Å²) in [5.41, 5.74) is 1.83. The Balaban J connectivity index is 2.41. The van der Waals surface area contributed by atoms with Gasteiger partial charge >= 0.3 is 5.97 Å². The fourth-order valence-electron chi connectivity index (χ4n) is 2.07. The van der Waals surface area contributed by atoms with Gasteiger partial charge in [0.1, 0.15) is 0 Å². The van der Waals surface area contributed by atoms with Gasteiger partial charge in [0.25, 0.3) is 0 Å². The van der Waals surface area contributed by atoms with Gasteiger partial charge in [0.2, 0.25) is 0 Å². The highest BCUT2D eigenvalue weighted by Gasteiger charge is 2.17. The molecule has 0 radical (unpaired) electrons. The molecule has 2 aromatic rings. The number of hydrogen-bond donors (Lipinski definition) is 1. The van der Waals surface area contributed by atoms with Crippen LogP contribution in [0.15, 0.2) is 27.8 Å². The molecule has 1 heterocycles. The Morgan fingerprint density at radius 3 is 3.00 bits per heavy atom. The van der Waals surface area contributed by atoms with E-state index in [1.165, 1.54) is 11.8 Å². The predicted molar refractivity (Wildman–Crippen MR) is 87.0 cm³/mol. The Morgan fingerprint density at radius 2 is 2.33 bits per heavy atom. The number of hydrogen-bond acceptors (Lipinski definition) is 4. The second-order valence-electron chi connectivity index (χ2n) is 4.59. The van der Waals surface area contributed by atoms with E-state index in [0.29, 0.717) is 18.4 Å². The van der Waals surface area contributed by atoms with E-state index < -0.39 is 5.97 Å². The zero-order valence-electron chi connectivity index (χ0n) is 11.9. The molecule has 0 bridgehead atoms. The minimum Gasteiger partial charge on any atom is -0.481 e. The number of rotatable bonds is 7. The lowest BCUT2D eigenvalue weighted by atomic mass is 10.3. The zero-order chi connectivity index (χ0) is 15.4. The fraction of sp³-hybridized carbons (Fsp3) is 0.429. The van der Waals surface area contributed by atoms with Crippen molar-refractivity contribution in [2.75, 3.05) is 19.0 Å². The summed E-state index contributed by atoms with van der Waals surface area (Å²) in [6, 6.07) is 5.97. The minimum atomic E-state index is -0.850. The summed E-state index contributed by atoms with van der Waals surface area (Å²) in [6.07, 6.45) is 0. The van der Waals surface area contributed by atoms with Crippen LogP contribution in [0.3, 0.4) is 0 Å². The van der Waals surface area contributed by atoms with E-state index in [4.69, 9.17) is 9.84 Å². The number of thioether (sulfide) groups is 1. The summed E-state index contributed by atoms with van der Waals surface area (Å²) < 4.78 is 8.49. The van der Waals surface area contributed by atoms with Gasteiger partial charge in [0.05, 0.1) is 29.4 Å². The molecule has 114 valence electrons. The third-order valence-electron chi connectivity index (χ3n) is 2.95. The van der Waals surface area contributed by atoms with Crippen molar-refractivity contribution in [3.63, 3.8) is 0 Å². The molecule has 1 aromatic carbocycles. The number of halogens is 1. The Labute approximate surface area is 135 Å². The Hall–Kier alpha value is -1.05. The number of ether oxygens (including phenoxy) is 1. The first kappa shape index (κ1) is 16.3. The van der Waals surface area contributed by atoms with E-state index in [2.05, 4.69) is 20.9 Å². The number of benzene rings is 1. The third-order valence-corrected chi connectivity index (χ3v) is 4.38. The normalized spacial score (nSPS) is 12.7. The molecule has 0 saturated carbocycles. The molecule has 5 nitrogen and oxygen atoms in total. The number of aromatic nitrogens is 2. The summed E-state index contributed by atoms with van der Waals surface area (Å²) >= 11 is 4.66. The largest absolute Gasteiger partial charge is 0.481 e. The Bertz CT molecular complexity index is 644. The van der Waals surface area contributed by atoms with E-state index in [9.17, 15) is 4.79 Å². The second kappa shape index (κ2) is 7.29. The molecule has 2 rings (SSSR count). The molecule has 1 aromatic heterocycles. The smallest absolute Gasteiger partial charge is 0.313 e. The van der Waals surface area contributed by atoms with Gasteiger partial charge in [-0.3, -0.25) is 4.79 Å². The first-order chi connectivity index (χ1) is 10.0. The van der Waals surface area contributed by atoms with Crippen LogP contribution in [0.2, 0.25) is 0 Å². The van der Waals surface area contributed by atoms with Crippen molar-refractivity contribution in [3.8, 4) is 0 Å². The number of fused-ring (bicyclic) bond motifs is 1. The van der Waals surface area contributed by atoms with Crippen LogP contribution >= 0.6 is 27.7 Å². The molecule has 0 aliphatic heterocycles. The Morgan fingerprint density at radius 1 is 1.57 bits per heavy atom. The van der Waals surface area contributed by atoms with Crippen molar-refractivity contribution in [2.24, 2.45) is 0 Å². The molecule has 0 saturated heterocycles. The first-order valence-electron chi connectivity index (χ1n) is 6.62. The lowest BCUT2D eigenvalue weighted by Gasteiger charge is -2.17. The molecule has 0 aliphatic carbocycles. The maximum Gasteiger partial charge on any atom is 0.313 e. The van der Waals surface area contributed by atoms with Crippen LogP contribution in [-0.4, -0.2) is 39.6 Å². The van der Waals surface area contributed by atoms with Crippen LogP contribution in [0.5, 0.6) is 0 Å². The number of aliphatic carboxylic acids is 1. The van der Waals surface area contributed by atoms with Crippen LogP contribution < -0.4 is 0 Å². The van der Waals surface area contributed by atoms with Gasteiger partial charge in [-0.15, -0.1) is 0 Å². The maximum absolute atomic E-state index is 10.8. The van der Waals surface area contributed by atoms with Gasteiger partial charge in [-0.2, -0.15) is 0 Å². The number of carboxylic acids is 1. The lowest BCUT2D eigenvalue weighted by Crippen LogP contribution is -2.13. The highest BCUT2D eigenvalue weighted by Crippen LogP contribution is 2.29. The molecule has 1 atom stereocenters. The van der Waals surface area contributed by atoms with Gasteiger partial charge < -0.3 is 14.4 Å². The monoisotopic (exact) mass is 372 g/mol. The molecule has 0 fully saturated rings. The van der Waals surface area contributed by atoms with Crippen molar-refractivity contribution >= 4 is 44.7 Å².